The molecule has 0 bridgehead atoms. The molecule has 3 N–H and O–H groups in total. The van der Waals surface area contributed by atoms with Crippen LogP contribution in [0.15, 0.2) is 48.5 Å². The Hall–Kier alpha value is -2.73. The van der Waals surface area contributed by atoms with Crippen LogP contribution in [0.25, 0.3) is 0 Å². The number of carbonyl (C=O) groups excluding carboxylic acids is 2. The van der Waals surface area contributed by atoms with Crippen molar-refractivity contribution < 1.29 is 9.59 Å². The Morgan fingerprint density at radius 1 is 1.04 bits per heavy atom. The molecule has 5 nitrogen and oxygen atoms in total. The van der Waals surface area contributed by atoms with Gasteiger partial charge in [0, 0.05) is 6.54 Å². The van der Waals surface area contributed by atoms with Gasteiger partial charge < -0.3 is 16.0 Å². The fourth-order valence-electron chi connectivity index (χ4n) is 2.57. The zero-order chi connectivity index (χ0) is 19.6. The molecule has 0 aliphatic heterocycles. The molecule has 0 heterocycles. The maximum atomic E-state index is 12.3. The third-order valence-corrected chi connectivity index (χ3v) is 4.31. The molecule has 27 heavy (non-hydrogen) atoms. The number of anilines is 1. The average molecular weight is 384 g/mol. The van der Waals surface area contributed by atoms with Crippen molar-refractivity contribution >= 4 is 34.8 Å². The van der Waals surface area contributed by atoms with Crippen molar-refractivity contribution in [1.29, 1.82) is 0 Å². The van der Waals surface area contributed by atoms with Crippen LogP contribution in [0.3, 0.4) is 0 Å². The highest BCUT2D eigenvalue weighted by Gasteiger charge is 2.13. The molecule has 6 heteroatoms. The summed E-state index contributed by atoms with van der Waals surface area (Å²) < 4.78 is 0. The Morgan fingerprint density at radius 3 is 2.48 bits per heavy atom. The zero-order valence-electron chi connectivity index (χ0n) is 15.7. The lowest BCUT2D eigenvalue weighted by atomic mass is 10.1. The van der Waals surface area contributed by atoms with E-state index in [0.29, 0.717) is 17.8 Å². The summed E-state index contributed by atoms with van der Waals surface area (Å²) in [5.74, 6) is -0.368. The standard InChI is InChI=1S/C21H25N3O2S/c1-3-4-13-22-20(26)17-11-7-8-12-18(17)23-21(27)24-19(25)14-16-10-6-5-9-15(16)2/h5-12H,3-4,13-14H2,1-2H3,(H,22,26)(H2,23,24,25,27). The van der Waals surface area contributed by atoms with Gasteiger partial charge in [0.25, 0.3) is 5.91 Å². The van der Waals surface area contributed by atoms with Crippen LogP contribution in [0.5, 0.6) is 0 Å². The van der Waals surface area contributed by atoms with E-state index in [4.69, 9.17) is 12.2 Å². The van der Waals surface area contributed by atoms with E-state index in [0.717, 1.165) is 24.0 Å². The van der Waals surface area contributed by atoms with Crippen molar-refractivity contribution in [2.24, 2.45) is 0 Å². The van der Waals surface area contributed by atoms with Crippen LogP contribution >= 0.6 is 12.2 Å². The van der Waals surface area contributed by atoms with Crippen LogP contribution in [0.1, 0.15) is 41.3 Å². The van der Waals surface area contributed by atoms with Crippen LogP contribution in [0, 0.1) is 6.92 Å². The van der Waals surface area contributed by atoms with Gasteiger partial charge in [-0.1, -0.05) is 49.7 Å². The van der Waals surface area contributed by atoms with Crippen LogP contribution in [0.2, 0.25) is 0 Å². The minimum absolute atomic E-state index is 0.166. The Labute approximate surface area is 165 Å². The van der Waals surface area contributed by atoms with Gasteiger partial charge in [-0.05, 0) is 48.8 Å². The monoisotopic (exact) mass is 383 g/mol. The van der Waals surface area contributed by atoms with Gasteiger partial charge >= 0.3 is 0 Å². The summed E-state index contributed by atoms with van der Waals surface area (Å²) in [4.78, 5) is 24.6. The molecule has 0 saturated heterocycles. The van der Waals surface area contributed by atoms with E-state index in [1.807, 2.05) is 37.3 Å². The number of para-hydroxylation sites is 1. The summed E-state index contributed by atoms with van der Waals surface area (Å²) in [5.41, 5.74) is 3.06. The number of hydrogen-bond donors (Lipinski definition) is 3. The van der Waals surface area contributed by atoms with Gasteiger partial charge in [0.2, 0.25) is 5.91 Å². The van der Waals surface area contributed by atoms with Crippen LogP contribution in [0.4, 0.5) is 5.69 Å². The van der Waals surface area contributed by atoms with Gasteiger partial charge in [-0.3, -0.25) is 9.59 Å². The smallest absolute Gasteiger partial charge is 0.253 e. The number of unbranched alkanes of at least 4 members (excludes halogenated alkanes) is 1. The zero-order valence-corrected chi connectivity index (χ0v) is 16.5. The summed E-state index contributed by atoms with van der Waals surface area (Å²) >= 11 is 5.24. The minimum Gasteiger partial charge on any atom is -0.352 e. The van der Waals surface area contributed by atoms with E-state index in [9.17, 15) is 9.59 Å². The average Bonchev–Trinajstić information content (AvgIpc) is 2.64. The summed E-state index contributed by atoms with van der Waals surface area (Å²) in [6.07, 6.45) is 2.18. The van der Waals surface area contributed by atoms with Crippen molar-refractivity contribution in [3.05, 3.63) is 65.2 Å². The molecule has 0 spiro atoms. The first kappa shape index (κ1) is 20.6. The normalized spacial score (nSPS) is 10.1. The predicted octanol–water partition coefficient (Wildman–Crippen LogP) is 3.58. The first-order chi connectivity index (χ1) is 13.0. The number of rotatable bonds is 7. The van der Waals surface area contributed by atoms with Gasteiger partial charge in [-0.15, -0.1) is 0 Å². The molecule has 142 valence electrons. The van der Waals surface area contributed by atoms with Gasteiger partial charge in [-0.2, -0.15) is 0 Å². The molecule has 0 aliphatic carbocycles. The van der Waals surface area contributed by atoms with E-state index < -0.39 is 0 Å². The topological polar surface area (TPSA) is 70.2 Å². The summed E-state index contributed by atoms with van der Waals surface area (Å²) in [5, 5.41) is 8.68. The van der Waals surface area contributed by atoms with Crippen LogP contribution in [-0.2, 0) is 11.2 Å². The maximum absolute atomic E-state index is 12.3. The predicted molar refractivity (Wildman–Crippen MR) is 113 cm³/mol. The van der Waals surface area contributed by atoms with E-state index in [-0.39, 0.29) is 23.3 Å². The van der Waals surface area contributed by atoms with Gasteiger partial charge in [0.05, 0.1) is 17.7 Å². The fraction of sp³-hybridized carbons (Fsp3) is 0.286. The molecule has 0 aliphatic rings. The Bertz CT molecular complexity index is 821. The molecule has 2 rings (SSSR count). The molecule has 0 atom stereocenters. The van der Waals surface area contributed by atoms with Crippen molar-refractivity contribution in [2.75, 3.05) is 11.9 Å². The first-order valence-corrected chi connectivity index (χ1v) is 9.44. The molecule has 0 radical (unpaired) electrons. The lowest BCUT2D eigenvalue weighted by Gasteiger charge is -2.14. The number of aryl methyl sites for hydroxylation is 1. The number of nitrogens with one attached hydrogen (secondary N) is 3. The van der Waals surface area contributed by atoms with E-state index >= 15 is 0 Å². The molecule has 0 saturated carbocycles. The largest absolute Gasteiger partial charge is 0.352 e. The van der Waals surface area contributed by atoms with Crippen molar-refractivity contribution in [3.63, 3.8) is 0 Å². The highest BCUT2D eigenvalue weighted by molar-refractivity contribution is 7.80. The van der Waals surface area contributed by atoms with Crippen LogP contribution in [-0.4, -0.2) is 23.5 Å². The van der Waals surface area contributed by atoms with E-state index in [1.54, 1.807) is 18.2 Å². The molecular formula is C21H25N3O2S. The molecule has 0 unspecified atom stereocenters. The van der Waals surface area contributed by atoms with Crippen molar-refractivity contribution in [3.8, 4) is 0 Å². The maximum Gasteiger partial charge on any atom is 0.253 e. The summed E-state index contributed by atoms with van der Waals surface area (Å²) in [6.45, 7) is 4.66. The molecule has 2 amide bonds. The highest BCUT2D eigenvalue weighted by Crippen LogP contribution is 2.15. The SMILES string of the molecule is CCCCNC(=O)c1ccccc1NC(=S)NC(=O)Cc1ccccc1C. The van der Waals surface area contributed by atoms with Gasteiger partial charge in [0.1, 0.15) is 0 Å². The third kappa shape index (κ3) is 6.49. The Balaban J connectivity index is 1.96. The second-order valence-electron chi connectivity index (χ2n) is 6.26. The Kier molecular flexibility index (Phi) is 7.95. The van der Waals surface area contributed by atoms with Crippen molar-refractivity contribution in [2.45, 2.75) is 33.1 Å². The third-order valence-electron chi connectivity index (χ3n) is 4.10. The highest BCUT2D eigenvalue weighted by atomic mass is 32.1. The summed E-state index contributed by atoms with van der Waals surface area (Å²) in [7, 11) is 0. The first-order valence-electron chi connectivity index (χ1n) is 9.03. The lowest BCUT2D eigenvalue weighted by molar-refractivity contribution is -0.119. The van der Waals surface area contributed by atoms with Crippen molar-refractivity contribution in [1.82, 2.24) is 10.6 Å². The van der Waals surface area contributed by atoms with Gasteiger partial charge in [0.15, 0.2) is 5.11 Å². The quantitative estimate of drug-likeness (QED) is 0.505. The molecule has 0 aromatic heterocycles. The Morgan fingerprint density at radius 2 is 1.74 bits per heavy atom. The molecular weight excluding hydrogens is 358 g/mol. The molecule has 0 fully saturated rings. The van der Waals surface area contributed by atoms with E-state index in [1.165, 1.54) is 0 Å². The second-order valence-corrected chi connectivity index (χ2v) is 6.67. The molecule has 2 aromatic rings. The number of benzene rings is 2. The number of amides is 2. The number of hydrogen-bond acceptors (Lipinski definition) is 3. The minimum atomic E-state index is -0.202. The summed E-state index contributed by atoms with van der Waals surface area (Å²) in [6, 6.07) is 14.8. The number of thiocarbonyl (C=S) groups is 1. The molecule has 2 aromatic carbocycles. The van der Waals surface area contributed by atoms with Gasteiger partial charge in [-0.25, -0.2) is 0 Å². The van der Waals surface area contributed by atoms with Crippen LogP contribution < -0.4 is 16.0 Å². The lowest BCUT2D eigenvalue weighted by Crippen LogP contribution is -2.36. The van der Waals surface area contributed by atoms with E-state index in [2.05, 4.69) is 22.9 Å². The number of carbonyl (C=O) groups is 2. The second kappa shape index (κ2) is 10.4. The fourth-order valence-corrected chi connectivity index (χ4v) is 2.79.